The number of oxazole rings is 1. The molecule has 1 aliphatic rings. The van der Waals surface area contributed by atoms with Gasteiger partial charge in [0, 0.05) is 19.1 Å². The van der Waals surface area contributed by atoms with Crippen LogP contribution in [0.25, 0.3) is 0 Å². The molecule has 1 aromatic rings. The van der Waals surface area contributed by atoms with Crippen molar-refractivity contribution in [1.29, 1.82) is 0 Å². The van der Waals surface area contributed by atoms with Crippen molar-refractivity contribution in [3.05, 3.63) is 17.8 Å². The summed E-state index contributed by atoms with van der Waals surface area (Å²) < 4.78 is 5.16. The molecule has 2 rings (SSSR count). The molecule has 5 heteroatoms. The van der Waals surface area contributed by atoms with Crippen molar-refractivity contribution in [3.63, 3.8) is 0 Å². The molecule has 0 radical (unpaired) electrons. The normalized spacial score (nSPS) is 25.0. The lowest BCUT2D eigenvalue weighted by Gasteiger charge is -2.39. The number of aryl methyl sites for hydroxylation is 1. The van der Waals surface area contributed by atoms with Gasteiger partial charge in [0.05, 0.1) is 5.69 Å². The Balaban J connectivity index is 2.21. The summed E-state index contributed by atoms with van der Waals surface area (Å²) in [6, 6.07) is 0.112. The van der Waals surface area contributed by atoms with E-state index in [0.29, 0.717) is 23.9 Å². The molecule has 0 aliphatic carbocycles. The molecular weight excluding hydrogens is 218 g/mol. The third-order valence-corrected chi connectivity index (χ3v) is 3.56. The number of hydrogen-bond acceptors (Lipinski definition) is 4. The summed E-state index contributed by atoms with van der Waals surface area (Å²) in [5.41, 5.74) is 6.42. The molecule has 2 heterocycles. The van der Waals surface area contributed by atoms with Crippen molar-refractivity contribution >= 4 is 5.91 Å². The summed E-state index contributed by atoms with van der Waals surface area (Å²) in [6.45, 7) is 5.18. The number of hydrogen-bond donors (Lipinski definition) is 1. The van der Waals surface area contributed by atoms with Gasteiger partial charge in [0.1, 0.15) is 0 Å². The van der Waals surface area contributed by atoms with Crippen LogP contribution in [0.2, 0.25) is 0 Å². The van der Waals surface area contributed by atoms with Crippen molar-refractivity contribution in [2.45, 2.75) is 32.7 Å². The molecule has 17 heavy (non-hydrogen) atoms. The molecule has 94 valence electrons. The minimum atomic E-state index is -0.0815. The topological polar surface area (TPSA) is 72.4 Å². The van der Waals surface area contributed by atoms with Gasteiger partial charge in [-0.05, 0) is 25.7 Å². The van der Waals surface area contributed by atoms with Gasteiger partial charge in [-0.1, -0.05) is 6.92 Å². The van der Waals surface area contributed by atoms with E-state index in [1.54, 1.807) is 6.92 Å². The van der Waals surface area contributed by atoms with Crippen LogP contribution in [0.4, 0.5) is 0 Å². The number of carbonyl (C=O) groups excluding carboxylic acids is 1. The van der Waals surface area contributed by atoms with Crippen molar-refractivity contribution in [2.24, 2.45) is 11.7 Å². The zero-order chi connectivity index (χ0) is 12.4. The number of likely N-dealkylation sites (tertiary alicyclic amines) is 1. The number of carbonyl (C=O) groups is 1. The van der Waals surface area contributed by atoms with E-state index in [2.05, 4.69) is 11.9 Å². The lowest BCUT2D eigenvalue weighted by molar-refractivity contribution is 0.0500. The molecule has 1 saturated heterocycles. The predicted molar refractivity (Wildman–Crippen MR) is 63.5 cm³/mol. The van der Waals surface area contributed by atoms with E-state index < -0.39 is 0 Å². The van der Waals surface area contributed by atoms with Crippen LogP contribution in [0.15, 0.2) is 10.8 Å². The van der Waals surface area contributed by atoms with Gasteiger partial charge in [-0.15, -0.1) is 0 Å². The molecule has 5 nitrogen and oxygen atoms in total. The number of piperidine rings is 1. The van der Waals surface area contributed by atoms with Crippen LogP contribution in [-0.2, 0) is 0 Å². The third-order valence-electron chi connectivity index (χ3n) is 3.56. The first-order valence-corrected chi connectivity index (χ1v) is 6.06. The largest absolute Gasteiger partial charge is 0.438 e. The summed E-state index contributed by atoms with van der Waals surface area (Å²) in [7, 11) is 0. The molecule has 1 amide bonds. The maximum Gasteiger partial charge on any atom is 0.291 e. The quantitative estimate of drug-likeness (QED) is 0.838. The van der Waals surface area contributed by atoms with Crippen LogP contribution in [0.3, 0.4) is 0 Å². The number of amides is 1. The Kier molecular flexibility index (Phi) is 3.47. The maximum absolute atomic E-state index is 12.3. The summed E-state index contributed by atoms with van der Waals surface area (Å²) in [5.74, 6) is 0.709. The van der Waals surface area contributed by atoms with Gasteiger partial charge in [-0.25, -0.2) is 4.98 Å². The minimum Gasteiger partial charge on any atom is -0.438 e. The van der Waals surface area contributed by atoms with Gasteiger partial charge in [-0.3, -0.25) is 4.79 Å². The number of aromatic nitrogens is 1. The van der Waals surface area contributed by atoms with E-state index in [9.17, 15) is 4.79 Å². The number of nitrogens with zero attached hydrogens (tertiary/aromatic N) is 2. The van der Waals surface area contributed by atoms with Gasteiger partial charge < -0.3 is 15.1 Å². The van der Waals surface area contributed by atoms with Crippen molar-refractivity contribution in [1.82, 2.24) is 9.88 Å². The molecule has 2 atom stereocenters. The Bertz CT molecular complexity index is 402. The second-order valence-electron chi connectivity index (χ2n) is 4.69. The lowest BCUT2D eigenvalue weighted by atomic mass is 9.90. The van der Waals surface area contributed by atoms with Crippen LogP contribution in [0.5, 0.6) is 0 Å². The molecule has 2 N–H and O–H groups in total. The first kappa shape index (κ1) is 12.1. The highest BCUT2D eigenvalue weighted by Crippen LogP contribution is 2.24. The molecule has 2 unspecified atom stereocenters. The van der Waals surface area contributed by atoms with E-state index in [1.807, 2.05) is 4.90 Å². The van der Waals surface area contributed by atoms with Crippen LogP contribution >= 0.6 is 0 Å². The predicted octanol–water partition coefficient (Wildman–Crippen LogP) is 1.18. The molecule has 1 fully saturated rings. The average Bonchev–Trinajstić information content (AvgIpc) is 2.74. The van der Waals surface area contributed by atoms with Gasteiger partial charge in [0.15, 0.2) is 6.39 Å². The van der Waals surface area contributed by atoms with Gasteiger partial charge in [-0.2, -0.15) is 0 Å². The lowest BCUT2D eigenvalue weighted by Crippen LogP contribution is -2.51. The Morgan fingerprint density at radius 2 is 2.47 bits per heavy atom. The average molecular weight is 237 g/mol. The Morgan fingerprint density at radius 1 is 1.71 bits per heavy atom. The third kappa shape index (κ3) is 2.20. The first-order valence-electron chi connectivity index (χ1n) is 6.06. The highest BCUT2D eigenvalue weighted by molar-refractivity contribution is 5.92. The van der Waals surface area contributed by atoms with Crippen LogP contribution < -0.4 is 5.73 Å². The molecule has 0 bridgehead atoms. The smallest absolute Gasteiger partial charge is 0.291 e. The molecule has 0 spiro atoms. The maximum atomic E-state index is 12.3. The number of rotatable bonds is 2. The minimum absolute atomic E-state index is 0.0815. The van der Waals surface area contributed by atoms with Crippen molar-refractivity contribution in [3.8, 4) is 0 Å². The van der Waals surface area contributed by atoms with E-state index in [4.69, 9.17) is 10.2 Å². The molecule has 0 aromatic carbocycles. The van der Waals surface area contributed by atoms with E-state index in [-0.39, 0.29) is 11.9 Å². The second kappa shape index (κ2) is 4.87. The Hall–Kier alpha value is -1.36. The fourth-order valence-electron chi connectivity index (χ4n) is 2.50. The molecular formula is C12H19N3O2. The molecule has 1 aromatic heterocycles. The fourth-order valence-corrected chi connectivity index (χ4v) is 2.50. The van der Waals surface area contributed by atoms with E-state index >= 15 is 0 Å². The highest BCUT2D eigenvalue weighted by atomic mass is 16.3. The first-order chi connectivity index (χ1) is 8.15. The van der Waals surface area contributed by atoms with Gasteiger partial charge in [0.2, 0.25) is 5.76 Å². The van der Waals surface area contributed by atoms with E-state index in [0.717, 1.165) is 19.4 Å². The summed E-state index contributed by atoms with van der Waals surface area (Å²) >= 11 is 0. The van der Waals surface area contributed by atoms with Crippen molar-refractivity contribution < 1.29 is 9.21 Å². The SMILES string of the molecule is Cc1ncoc1C(=O)N1CCCC(C)C1CN. The Labute approximate surface area is 101 Å². The Morgan fingerprint density at radius 3 is 3.06 bits per heavy atom. The highest BCUT2D eigenvalue weighted by Gasteiger charge is 2.33. The second-order valence-corrected chi connectivity index (χ2v) is 4.69. The zero-order valence-electron chi connectivity index (χ0n) is 10.3. The van der Waals surface area contributed by atoms with Crippen LogP contribution in [0, 0.1) is 12.8 Å². The standard InChI is InChI=1S/C12H19N3O2/c1-8-4-3-5-15(10(8)6-13)12(16)11-9(2)14-7-17-11/h7-8,10H,3-6,13H2,1-2H3. The zero-order valence-corrected chi connectivity index (χ0v) is 10.3. The van der Waals surface area contributed by atoms with E-state index in [1.165, 1.54) is 6.39 Å². The van der Waals surface area contributed by atoms with Gasteiger partial charge >= 0.3 is 0 Å². The van der Waals surface area contributed by atoms with Gasteiger partial charge in [0.25, 0.3) is 5.91 Å². The molecule has 0 saturated carbocycles. The van der Waals surface area contributed by atoms with Crippen LogP contribution in [-0.4, -0.2) is 34.9 Å². The summed E-state index contributed by atoms with van der Waals surface area (Å²) in [4.78, 5) is 18.1. The fraction of sp³-hybridized carbons (Fsp3) is 0.667. The summed E-state index contributed by atoms with van der Waals surface area (Å²) in [5, 5.41) is 0. The van der Waals surface area contributed by atoms with Crippen molar-refractivity contribution in [2.75, 3.05) is 13.1 Å². The van der Waals surface area contributed by atoms with Crippen LogP contribution in [0.1, 0.15) is 36.0 Å². The monoisotopic (exact) mass is 237 g/mol. The summed E-state index contributed by atoms with van der Waals surface area (Å²) in [6.07, 6.45) is 3.46. The number of nitrogens with two attached hydrogens (primary N) is 1. The molecule has 1 aliphatic heterocycles.